The molecule has 0 bridgehead atoms. The summed E-state index contributed by atoms with van der Waals surface area (Å²) in [5.74, 6) is -0.285. The Kier molecular flexibility index (Phi) is 3.49. The molecule has 0 atom stereocenters. The van der Waals surface area contributed by atoms with Crippen molar-refractivity contribution in [1.82, 2.24) is 15.1 Å². The second kappa shape index (κ2) is 3.91. The molecule has 0 heterocycles. The molecule has 0 fully saturated rings. The molecule has 0 aliphatic rings. The van der Waals surface area contributed by atoms with Crippen molar-refractivity contribution in [3.05, 3.63) is 0 Å². The first-order valence-electron chi connectivity index (χ1n) is 3.32. The first-order chi connectivity index (χ1) is 5.37. The molecule has 0 saturated carbocycles. The largest absolute Gasteiger partial charge is 0.362 e. The van der Waals surface area contributed by atoms with Gasteiger partial charge in [0.1, 0.15) is 0 Å². The fourth-order valence-corrected chi connectivity index (χ4v) is 0.549. The Morgan fingerprint density at radius 3 is 1.75 bits per heavy atom. The number of hydroxylamine groups is 2. The lowest BCUT2D eigenvalue weighted by Gasteiger charge is -2.28. The Bertz CT molecular complexity index is 192. The fourth-order valence-electron chi connectivity index (χ4n) is 0.549. The average molecular weight is 175 g/mol. The SMILES string of the molecule is CC(=O)N(C)N(C)C(=O)N(C)O. The van der Waals surface area contributed by atoms with E-state index in [1.165, 1.54) is 28.1 Å². The van der Waals surface area contributed by atoms with Crippen LogP contribution >= 0.6 is 0 Å². The van der Waals surface area contributed by atoms with Crippen molar-refractivity contribution in [2.45, 2.75) is 6.92 Å². The van der Waals surface area contributed by atoms with Crippen molar-refractivity contribution in [2.75, 3.05) is 21.1 Å². The summed E-state index contributed by atoms with van der Waals surface area (Å²) >= 11 is 0. The van der Waals surface area contributed by atoms with Gasteiger partial charge in [-0.2, -0.15) is 0 Å². The van der Waals surface area contributed by atoms with Gasteiger partial charge in [-0.1, -0.05) is 0 Å². The molecule has 0 radical (unpaired) electrons. The minimum atomic E-state index is -0.673. The Labute approximate surface area is 70.9 Å². The van der Waals surface area contributed by atoms with E-state index in [1.54, 1.807) is 0 Å². The molecule has 0 aromatic heterocycles. The van der Waals surface area contributed by atoms with Crippen molar-refractivity contribution in [3.63, 3.8) is 0 Å². The summed E-state index contributed by atoms with van der Waals surface area (Å²) in [4.78, 5) is 21.7. The van der Waals surface area contributed by atoms with Crippen LogP contribution in [0, 0.1) is 0 Å². The number of nitrogens with zero attached hydrogens (tertiary/aromatic N) is 3. The molecule has 0 saturated heterocycles. The number of urea groups is 1. The smallest absolute Gasteiger partial charge is 0.285 e. The highest BCUT2D eigenvalue weighted by Crippen LogP contribution is 1.95. The lowest BCUT2D eigenvalue weighted by molar-refractivity contribution is -0.140. The molecule has 0 aliphatic heterocycles. The van der Waals surface area contributed by atoms with Crippen LogP contribution in [0.4, 0.5) is 4.79 Å². The van der Waals surface area contributed by atoms with Crippen LogP contribution < -0.4 is 0 Å². The maximum atomic E-state index is 11.0. The molecular weight excluding hydrogens is 162 g/mol. The van der Waals surface area contributed by atoms with E-state index in [-0.39, 0.29) is 5.91 Å². The van der Waals surface area contributed by atoms with E-state index in [0.717, 1.165) is 10.0 Å². The molecule has 0 aliphatic carbocycles. The molecule has 0 aromatic carbocycles. The molecule has 6 heteroatoms. The first-order valence-corrected chi connectivity index (χ1v) is 3.32. The quantitative estimate of drug-likeness (QED) is 0.408. The van der Waals surface area contributed by atoms with Gasteiger partial charge in [0.2, 0.25) is 5.91 Å². The van der Waals surface area contributed by atoms with Gasteiger partial charge in [-0.25, -0.2) is 14.9 Å². The van der Waals surface area contributed by atoms with E-state index in [0.29, 0.717) is 5.06 Å². The van der Waals surface area contributed by atoms with Crippen LogP contribution in [0.1, 0.15) is 6.92 Å². The number of amides is 3. The summed E-state index contributed by atoms with van der Waals surface area (Å²) in [5, 5.41) is 11.2. The maximum absolute atomic E-state index is 11.0. The lowest BCUT2D eigenvalue weighted by atomic mass is 10.7. The van der Waals surface area contributed by atoms with Crippen molar-refractivity contribution in [2.24, 2.45) is 0 Å². The Hall–Kier alpha value is -1.30. The van der Waals surface area contributed by atoms with Crippen molar-refractivity contribution in [3.8, 4) is 0 Å². The normalized spacial score (nSPS) is 9.08. The summed E-state index contributed by atoms with van der Waals surface area (Å²) < 4.78 is 0. The monoisotopic (exact) mass is 175 g/mol. The van der Waals surface area contributed by atoms with Gasteiger partial charge in [0.05, 0.1) is 0 Å². The van der Waals surface area contributed by atoms with Crippen LogP contribution in [0.3, 0.4) is 0 Å². The topological polar surface area (TPSA) is 64.1 Å². The van der Waals surface area contributed by atoms with Crippen molar-refractivity contribution >= 4 is 11.9 Å². The second-order valence-electron chi connectivity index (χ2n) is 2.37. The Morgan fingerprint density at radius 1 is 1.08 bits per heavy atom. The predicted octanol–water partition coefficient (Wildman–Crippen LogP) is -0.247. The second-order valence-corrected chi connectivity index (χ2v) is 2.37. The van der Waals surface area contributed by atoms with E-state index in [9.17, 15) is 9.59 Å². The highest BCUT2D eigenvalue weighted by atomic mass is 16.5. The standard InChI is InChI=1S/C6H13N3O3/c1-5(10)7(2)8(3)6(11)9(4)12/h12H,1-4H3. The minimum absolute atomic E-state index is 0.285. The fraction of sp³-hybridized carbons (Fsp3) is 0.667. The summed E-state index contributed by atoms with van der Waals surface area (Å²) in [5.41, 5.74) is 0. The number of hydrazine groups is 1. The maximum Gasteiger partial charge on any atom is 0.362 e. The summed E-state index contributed by atoms with van der Waals surface area (Å²) in [6, 6.07) is -0.673. The zero-order valence-electron chi connectivity index (χ0n) is 7.61. The van der Waals surface area contributed by atoms with E-state index in [4.69, 9.17) is 5.21 Å². The van der Waals surface area contributed by atoms with E-state index in [1.807, 2.05) is 0 Å². The summed E-state index contributed by atoms with van der Waals surface area (Å²) in [7, 11) is 4.01. The number of carbonyl (C=O) groups excluding carboxylic acids is 2. The molecule has 1 N–H and O–H groups in total. The van der Waals surface area contributed by atoms with Crippen molar-refractivity contribution < 1.29 is 14.8 Å². The van der Waals surface area contributed by atoms with Crippen molar-refractivity contribution in [1.29, 1.82) is 0 Å². The molecule has 0 unspecified atom stereocenters. The molecule has 0 aromatic rings. The van der Waals surface area contributed by atoms with Gasteiger partial charge in [-0.05, 0) is 0 Å². The number of hydrogen-bond donors (Lipinski definition) is 1. The number of carbonyl (C=O) groups is 2. The van der Waals surface area contributed by atoms with E-state index < -0.39 is 6.03 Å². The van der Waals surface area contributed by atoms with Crippen LogP contribution in [0.25, 0.3) is 0 Å². The molecule has 0 rings (SSSR count). The highest BCUT2D eigenvalue weighted by molar-refractivity contribution is 5.78. The zero-order valence-corrected chi connectivity index (χ0v) is 7.61. The minimum Gasteiger partial charge on any atom is -0.285 e. The van der Waals surface area contributed by atoms with Gasteiger partial charge in [0.15, 0.2) is 0 Å². The van der Waals surface area contributed by atoms with Gasteiger partial charge in [0.25, 0.3) is 0 Å². The van der Waals surface area contributed by atoms with Gasteiger partial charge in [-0.3, -0.25) is 15.0 Å². The highest BCUT2D eigenvalue weighted by Gasteiger charge is 2.17. The Balaban J connectivity index is 4.29. The Morgan fingerprint density at radius 2 is 1.50 bits per heavy atom. The molecular formula is C6H13N3O3. The van der Waals surface area contributed by atoms with Crippen LogP contribution in [0.2, 0.25) is 0 Å². The van der Waals surface area contributed by atoms with Gasteiger partial charge in [0, 0.05) is 28.1 Å². The average Bonchev–Trinajstić information content (AvgIpc) is 2.00. The molecule has 70 valence electrons. The first kappa shape index (κ1) is 10.7. The third-order valence-electron chi connectivity index (χ3n) is 1.46. The number of hydrogen-bond acceptors (Lipinski definition) is 3. The predicted molar refractivity (Wildman–Crippen MR) is 41.2 cm³/mol. The molecule has 3 amide bonds. The van der Waals surface area contributed by atoms with Crippen LogP contribution in [-0.2, 0) is 4.79 Å². The molecule has 0 spiro atoms. The molecule has 12 heavy (non-hydrogen) atoms. The van der Waals surface area contributed by atoms with Gasteiger partial charge >= 0.3 is 6.03 Å². The third kappa shape index (κ3) is 2.39. The van der Waals surface area contributed by atoms with Crippen LogP contribution in [0.5, 0.6) is 0 Å². The van der Waals surface area contributed by atoms with Gasteiger partial charge in [-0.15, -0.1) is 0 Å². The van der Waals surface area contributed by atoms with Crippen LogP contribution in [0.15, 0.2) is 0 Å². The van der Waals surface area contributed by atoms with E-state index >= 15 is 0 Å². The van der Waals surface area contributed by atoms with Crippen LogP contribution in [-0.4, -0.2) is 53.4 Å². The van der Waals surface area contributed by atoms with E-state index in [2.05, 4.69) is 0 Å². The summed E-state index contributed by atoms with van der Waals surface area (Å²) in [6.07, 6.45) is 0. The number of rotatable bonds is 0. The lowest BCUT2D eigenvalue weighted by Crippen LogP contribution is -2.48. The third-order valence-corrected chi connectivity index (χ3v) is 1.46. The summed E-state index contributed by atoms with van der Waals surface area (Å²) in [6.45, 7) is 1.32. The zero-order chi connectivity index (χ0) is 9.89. The molecule has 6 nitrogen and oxygen atoms in total. The van der Waals surface area contributed by atoms with Gasteiger partial charge < -0.3 is 0 Å².